The van der Waals surface area contributed by atoms with Crippen molar-refractivity contribution in [3.05, 3.63) is 0 Å². The van der Waals surface area contributed by atoms with Crippen molar-refractivity contribution < 1.29 is 0 Å². The van der Waals surface area contributed by atoms with Gasteiger partial charge in [0.25, 0.3) is 0 Å². The van der Waals surface area contributed by atoms with Gasteiger partial charge in [0.05, 0.1) is 6.54 Å². The van der Waals surface area contributed by atoms with Gasteiger partial charge in [0.15, 0.2) is 5.96 Å². The zero-order valence-electron chi connectivity index (χ0n) is 8.72. The molecule has 2 N–H and O–H groups in total. The number of nitrogens with one attached hydrogen (secondary N) is 2. The molecule has 0 bridgehead atoms. The molecule has 1 aliphatic carbocycles. The molecule has 2 rings (SSSR count). The predicted octanol–water partition coefficient (Wildman–Crippen LogP) is 1.11. The summed E-state index contributed by atoms with van der Waals surface area (Å²) in [7, 11) is 0. The van der Waals surface area contributed by atoms with E-state index in [1.165, 1.54) is 12.8 Å². The monoisotopic (exact) mass is 181 g/mol. The Morgan fingerprint density at radius 3 is 2.69 bits per heavy atom. The Hall–Kier alpha value is -0.730. The molecule has 1 heterocycles. The second-order valence-electron chi connectivity index (χ2n) is 4.96. The lowest BCUT2D eigenvalue weighted by molar-refractivity contribution is 0.126. The van der Waals surface area contributed by atoms with Crippen LogP contribution in [0, 0.1) is 5.41 Å². The first kappa shape index (κ1) is 8.85. The Kier molecular flexibility index (Phi) is 1.97. The summed E-state index contributed by atoms with van der Waals surface area (Å²) < 4.78 is 0. The maximum absolute atomic E-state index is 4.40. The van der Waals surface area contributed by atoms with Crippen molar-refractivity contribution in [2.45, 2.75) is 45.7 Å². The van der Waals surface area contributed by atoms with Crippen LogP contribution in [0.5, 0.6) is 0 Å². The van der Waals surface area contributed by atoms with Crippen LogP contribution in [0.15, 0.2) is 4.99 Å². The van der Waals surface area contributed by atoms with Gasteiger partial charge in [0.2, 0.25) is 0 Å². The average Bonchev–Trinajstić information content (AvgIpc) is 2.46. The maximum atomic E-state index is 4.40. The number of aliphatic imine (C=N–C) groups is 1. The fourth-order valence-electron chi connectivity index (χ4n) is 1.94. The van der Waals surface area contributed by atoms with Gasteiger partial charge >= 0.3 is 0 Å². The van der Waals surface area contributed by atoms with E-state index >= 15 is 0 Å². The smallest absolute Gasteiger partial charge is 0.191 e. The standard InChI is InChI=1S/C10H19N3/c1-7-6-11-9(12-7)13-8-4-5-10(8,2)3/h7-8H,4-6H2,1-3H3,(H2,11,12,13). The number of guanidine groups is 1. The molecule has 0 aromatic rings. The number of hydrogen-bond acceptors (Lipinski definition) is 3. The maximum Gasteiger partial charge on any atom is 0.191 e. The first-order chi connectivity index (χ1) is 6.08. The summed E-state index contributed by atoms with van der Waals surface area (Å²) in [4.78, 5) is 4.40. The van der Waals surface area contributed by atoms with Crippen LogP contribution in [0.2, 0.25) is 0 Å². The molecule has 0 radical (unpaired) electrons. The average molecular weight is 181 g/mol. The fourth-order valence-corrected chi connectivity index (χ4v) is 1.94. The Morgan fingerprint density at radius 2 is 2.31 bits per heavy atom. The number of rotatable bonds is 1. The topological polar surface area (TPSA) is 36.4 Å². The molecule has 2 unspecified atom stereocenters. The molecule has 13 heavy (non-hydrogen) atoms. The Morgan fingerprint density at radius 1 is 1.54 bits per heavy atom. The predicted molar refractivity (Wildman–Crippen MR) is 54.8 cm³/mol. The van der Waals surface area contributed by atoms with Crippen molar-refractivity contribution in [2.75, 3.05) is 6.54 Å². The largest absolute Gasteiger partial charge is 0.353 e. The van der Waals surface area contributed by atoms with Crippen LogP contribution >= 0.6 is 0 Å². The molecule has 0 saturated heterocycles. The molecule has 1 fully saturated rings. The van der Waals surface area contributed by atoms with E-state index in [2.05, 4.69) is 36.4 Å². The van der Waals surface area contributed by atoms with Crippen molar-refractivity contribution in [1.82, 2.24) is 10.6 Å². The molecule has 3 heteroatoms. The van der Waals surface area contributed by atoms with Gasteiger partial charge in [-0.1, -0.05) is 13.8 Å². The van der Waals surface area contributed by atoms with E-state index in [9.17, 15) is 0 Å². The number of nitrogens with zero attached hydrogens (tertiary/aromatic N) is 1. The lowest BCUT2D eigenvalue weighted by Gasteiger charge is -2.45. The summed E-state index contributed by atoms with van der Waals surface area (Å²) >= 11 is 0. The molecule has 0 amide bonds. The molecule has 1 saturated carbocycles. The van der Waals surface area contributed by atoms with E-state index in [-0.39, 0.29) is 0 Å². The van der Waals surface area contributed by atoms with Crippen LogP contribution in [-0.4, -0.2) is 24.6 Å². The molecular weight excluding hydrogens is 162 g/mol. The first-order valence-corrected chi connectivity index (χ1v) is 5.15. The molecule has 1 aliphatic heterocycles. The summed E-state index contributed by atoms with van der Waals surface area (Å²) in [5.41, 5.74) is 0.454. The SMILES string of the molecule is CC1CN=C(NC2CCC2(C)C)N1. The molecule has 0 aromatic carbocycles. The normalized spacial score (nSPS) is 36.1. The van der Waals surface area contributed by atoms with Gasteiger partial charge in [-0.05, 0) is 25.2 Å². The third kappa shape index (κ3) is 1.64. The van der Waals surface area contributed by atoms with Crippen LogP contribution in [-0.2, 0) is 0 Å². The second kappa shape index (κ2) is 2.89. The molecule has 0 spiro atoms. The van der Waals surface area contributed by atoms with E-state index in [1.54, 1.807) is 0 Å². The van der Waals surface area contributed by atoms with Gasteiger partial charge < -0.3 is 10.6 Å². The van der Waals surface area contributed by atoms with E-state index < -0.39 is 0 Å². The van der Waals surface area contributed by atoms with Gasteiger partial charge in [-0.2, -0.15) is 0 Å². The lowest BCUT2D eigenvalue weighted by atomic mass is 9.67. The molecular formula is C10H19N3. The number of hydrogen-bond donors (Lipinski definition) is 2. The van der Waals surface area contributed by atoms with Crippen LogP contribution in [0.4, 0.5) is 0 Å². The minimum absolute atomic E-state index is 0.454. The summed E-state index contributed by atoms with van der Waals surface area (Å²) in [6.45, 7) is 7.69. The lowest BCUT2D eigenvalue weighted by Crippen LogP contribution is -2.54. The minimum Gasteiger partial charge on any atom is -0.353 e. The van der Waals surface area contributed by atoms with E-state index in [1.807, 2.05) is 0 Å². The van der Waals surface area contributed by atoms with Gasteiger partial charge in [0, 0.05) is 12.1 Å². The van der Waals surface area contributed by atoms with Gasteiger partial charge in [-0.15, -0.1) is 0 Å². The quantitative estimate of drug-likeness (QED) is 0.636. The van der Waals surface area contributed by atoms with Crippen LogP contribution < -0.4 is 10.6 Å². The highest BCUT2D eigenvalue weighted by atomic mass is 15.2. The van der Waals surface area contributed by atoms with Crippen LogP contribution in [0.1, 0.15) is 33.6 Å². The first-order valence-electron chi connectivity index (χ1n) is 5.15. The van der Waals surface area contributed by atoms with Crippen LogP contribution in [0.3, 0.4) is 0 Å². The van der Waals surface area contributed by atoms with Crippen molar-refractivity contribution in [1.29, 1.82) is 0 Å². The Labute approximate surface area is 80.0 Å². The molecule has 74 valence electrons. The minimum atomic E-state index is 0.454. The van der Waals surface area contributed by atoms with Gasteiger partial charge in [0.1, 0.15) is 0 Å². The molecule has 2 atom stereocenters. The van der Waals surface area contributed by atoms with Gasteiger partial charge in [-0.3, -0.25) is 4.99 Å². The summed E-state index contributed by atoms with van der Waals surface area (Å²) in [6, 6.07) is 1.12. The van der Waals surface area contributed by atoms with Crippen molar-refractivity contribution in [3.63, 3.8) is 0 Å². The van der Waals surface area contributed by atoms with Crippen molar-refractivity contribution >= 4 is 5.96 Å². The summed E-state index contributed by atoms with van der Waals surface area (Å²) in [5, 5.41) is 6.80. The molecule has 2 aliphatic rings. The Balaban J connectivity index is 1.86. The fraction of sp³-hybridized carbons (Fsp3) is 0.900. The van der Waals surface area contributed by atoms with Crippen LogP contribution in [0.25, 0.3) is 0 Å². The zero-order chi connectivity index (χ0) is 9.47. The second-order valence-corrected chi connectivity index (χ2v) is 4.96. The third-order valence-corrected chi connectivity index (χ3v) is 3.24. The van der Waals surface area contributed by atoms with E-state index in [4.69, 9.17) is 0 Å². The summed E-state index contributed by atoms with van der Waals surface area (Å²) in [5.74, 6) is 1.00. The van der Waals surface area contributed by atoms with E-state index in [0.29, 0.717) is 17.5 Å². The Bertz CT molecular complexity index is 232. The zero-order valence-corrected chi connectivity index (χ0v) is 8.72. The highest BCUT2D eigenvalue weighted by Gasteiger charge is 2.39. The molecule has 3 nitrogen and oxygen atoms in total. The van der Waals surface area contributed by atoms with Crippen molar-refractivity contribution in [2.24, 2.45) is 10.4 Å². The van der Waals surface area contributed by atoms with Gasteiger partial charge in [-0.25, -0.2) is 0 Å². The summed E-state index contributed by atoms with van der Waals surface area (Å²) in [6.07, 6.45) is 2.61. The third-order valence-electron chi connectivity index (χ3n) is 3.24. The highest BCUT2D eigenvalue weighted by molar-refractivity contribution is 5.82. The van der Waals surface area contributed by atoms with Crippen molar-refractivity contribution in [3.8, 4) is 0 Å². The highest BCUT2D eigenvalue weighted by Crippen LogP contribution is 2.39. The van der Waals surface area contributed by atoms with E-state index in [0.717, 1.165) is 12.5 Å². The molecule has 0 aromatic heterocycles.